The molecular weight excluding hydrogens is 376 g/mol. The van der Waals surface area contributed by atoms with Crippen LogP contribution < -0.4 is 31.0 Å². The lowest BCUT2D eigenvalue weighted by Gasteiger charge is -2.14. The Morgan fingerprint density at radius 2 is 1.52 bits per heavy atom. The van der Waals surface area contributed by atoms with Crippen molar-refractivity contribution < 1.29 is 23.9 Å². The summed E-state index contributed by atoms with van der Waals surface area (Å²) < 4.78 is 10.3. The number of ether oxygens (including phenoxy) is 2. The molecule has 29 heavy (non-hydrogen) atoms. The summed E-state index contributed by atoms with van der Waals surface area (Å²) in [5, 5.41) is 5.29. The molecule has 0 saturated carbocycles. The van der Waals surface area contributed by atoms with E-state index in [1.165, 1.54) is 32.4 Å². The number of para-hydroxylation sites is 1. The molecule has 0 aliphatic heterocycles. The molecule has 2 rings (SSSR count). The number of nitrogens with one attached hydrogen (secondary N) is 4. The van der Waals surface area contributed by atoms with E-state index in [-0.39, 0.29) is 17.2 Å². The smallest absolute Gasteiger partial charge is 0.319 e. The zero-order valence-electron chi connectivity index (χ0n) is 16.7. The Bertz CT molecular complexity index is 898. The summed E-state index contributed by atoms with van der Waals surface area (Å²) in [4.78, 5) is 36.7. The molecule has 2 aromatic carbocycles. The predicted octanol–water partition coefficient (Wildman–Crippen LogP) is 2.31. The third-order valence-corrected chi connectivity index (χ3v) is 3.77. The third kappa shape index (κ3) is 5.86. The Hall–Kier alpha value is -3.75. The van der Waals surface area contributed by atoms with Crippen LogP contribution in [0.25, 0.3) is 0 Å². The number of methoxy groups -OCH3 is 2. The molecule has 0 spiro atoms. The molecule has 0 radical (unpaired) electrons. The number of anilines is 1. The van der Waals surface area contributed by atoms with Crippen LogP contribution in [-0.4, -0.2) is 38.1 Å². The Morgan fingerprint density at radius 3 is 2.17 bits per heavy atom. The Labute approximate surface area is 168 Å². The van der Waals surface area contributed by atoms with Crippen LogP contribution in [0.3, 0.4) is 0 Å². The lowest BCUT2D eigenvalue weighted by molar-refractivity contribution is 0.0847. The molecule has 4 N–H and O–H groups in total. The van der Waals surface area contributed by atoms with E-state index in [4.69, 9.17) is 9.47 Å². The number of carbonyl (C=O) groups is 3. The van der Waals surface area contributed by atoms with Gasteiger partial charge in [0, 0.05) is 11.6 Å². The lowest BCUT2D eigenvalue weighted by atomic mass is 10.1. The summed E-state index contributed by atoms with van der Waals surface area (Å²) >= 11 is 0. The first-order chi connectivity index (χ1) is 13.8. The maximum Gasteiger partial charge on any atom is 0.319 e. The second kappa shape index (κ2) is 9.98. The standard InChI is InChI=1S/C20H24N4O5/c1-12(2)21-20(27)22-15-8-6-5-7-14(15)19(26)24-23-18(25)13-9-10-16(28-3)17(11-13)29-4/h5-12H,1-4H3,(H,23,25)(H,24,26)(H2,21,22,27). The van der Waals surface area contributed by atoms with E-state index in [1.54, 1.807) is 24.3 Å². The van der Waals surface area contributed by atoms with Crippen molar-refractivity contribution >= 4 is 23.5 Å². The van der Waals surface area contributed by atoms with Crippen LogP contribution in [0.15, 0.2) is 42.5 Å². The molecule has 0 atom stereocenters. The van der Waals surface area contributed by atoms with Crippen molar-refractivity contribution in [2.75, 3.05) is 19.5 Å². The lowest BCUT2D eigenvalue weighted by Crippen LogP contribution is -2.42. The summed E-state index contributed by atoms with van der Waals surface area (Å²) in [7, 11) is 2.95. The summed E-state index contributed by atoms with van der Waals surface area (Å²) in [5.74, 6) is -0.258. The van der Waals surface area contributed by atoms with Gasteiger partial charge in [-0.3, -0.25) is 20.4 Å². The molecule has 2 aromatic rings. The van der Waals surface area contributed by atoms with Gasteiger partial charge < -0.3 is 20.1 Å². The number of carbonyl (C=O) groups excluding carboxylic acids is 3. The van der Waals surface area contributed by atoms with E-state index in [9.17, 15) is 14.4 Å². The normalized spacial score (nSPS) is 10.1. The largest absolute Gasteiger partial charge is 0.493 e. The molecule has 0 aromatic heterocycles. The second-order valence-corrected chi connectivity index (χ2v) is 6.28. The summed E-state index contributed by atoms with van der Waals surface area (Å²) in [5.41, 5.74) is 5.44. The van der Waals surface area contributed by atoms with Gasteiger partial charge in [-0.05, 0) is 44.2 Å². The van der Waals surface area contributed by atoms with E-state index in [0.717, 1.165) is 0 Å². The van der Waals surface area contributed by atoms with E-state index in [0.29, 0.717) is 17.2 Å². The molecule has 0 aliphatic rings. The first-order valence-electron chi connectivity index (χ1n) is 8.85. The number of benzene rings is 2. The van der Waals surface area contributed by atoms with Crippen molar-refractivity contribution in [3.05, 3.63) is 53.6 Å². The quantitative estimate of drug-likeness (QED) is 0.555. The van der Waals surface area contributed by atoms with Gasteiger partial charge in [0.2, 0.25) is 0 Å². The Morgan fingerprint density at radius 1 is 0.862 bits per heavy atom. The molecule has 0 fully saturated rings. The van der Waals surface area contributed by atoms with E-state index in [1.807, 2.05) is 13.8 Å². The van der Waals surface area contributed by atoms with Crippen LogP contribution in [0.2, 0.25) is 0 Å². The highest BCUT2D eigenvalue weighted by molar-refractivity contribution is 6.04. The van der Waals surface area contributed by atoms with Gasteiger partial charge in [-0.2, -0.15) is 0 Å². The molecule has 4 amide bonds. The Kier molecular flexibility index (Phi) is 7.41. The van der Waals surface area contributed by atoms with Crippen molar-refractivity contribution in [3.63, 3.8) is 0 Å². The molecular formula is C20H24N4O5. The zero-order chi connectivity index (χ0) is 21.4. The van der Waals surface area contributed by atoms with Crippen molar-refractivity contribution in [2.45, 2.75) is 19.9 Å². The highest BCUT2D eigenvalue weighted by atomic mass is 16.5. The van der Waals surface area contributed by atoms with Crippen LogP contribution in [-0.2, 0) is 0 Å². The fraction of sp³-hybridized carbons (Fsp3) is 0.250. The molecule has 0 unspecified atom stereocenters. The van der Waals surface area contributed by atoms with E-state index in [2.05, 4.69) is 21.5 Å². The second-order valence-electron chi connectivity index (χ2n) is 6.28. The van der Waals surface area contributed by atoms with Gasteiger partial charge >= 0.3 is 6.03 Å². The van der Waals surface area contributed by atoms with Gasteiger partial charge in [0.15, 0.2) is 11.5 Å². The van der Waals surface area contributed by atoms with Crippen molar-refractivity contribution in [1.29, 1.82) is 0 Å². The average molecular weight is 400 g/mol. The number of hydrogen-bond donors (Lipinski definition) is 4. The van der Waals surface area contributed by atoms with Gasteiger partial charge in [0.1, 0.15) is 0 Å². The van der Waals surface area contributed by atoms with Crippen LogP contribution in [0.1, 0.15) is 34.6 Å². The summed E-state index contributed by atoms with van der Waals surface area (Å²) in [6.07, 6.45) is 0. The van der Waals surface area contributed by atoms with Crippen molar-refractivity contribution in [3.8, 4) is 11.5 Å². The minimum atomic E-state index is -0.584. The summed E-state index contributed by atoms with van der Waals surface area (Å²) in [6.45, 7) is 3.64. The minimum Gasteiger partial charge on any atom is -0.493 e. The number of amides is 4. The van der Waals surface area contributed by atoms with Crippen LogP contribution in [0, 0.1) is 0 Å². The number of hydrogen-bond acceptors (Lipinski definition) is 5. The van der Waals surface area contributed by atoms with Crippen LogP contribution >= 0.6 is 0 Å². The fourth-order valence-electron chi connectivity index (χ4n) is 2.44. The first kappa shape index (κ1) is 21.5. The molecule has 9 heteroatoms. The Balaban J connectivity index is 2.06. The zero-order valence-corrected chi connectivity index (χ0v) is 16.7. The molecule has 0 heterocycles. The SMILES string of the molecule is COc1ccc(C(=O)NNC(=O)c2ccccc2NC(=O)NC(C)C)cc1OC. The van der Waals surface area contributed by atoms with Gasteiger partial charge in [-0.15, -0.1) is 0 Å². The number of urea groups is 1. The van der Waals surface area contributed by atoms with Crippen LogP contribution in [0.5, 0.6) is 11.5 Å². The van der Waals surface area contributed by atoms with Gasteiger partial charge in [0.25, 0.3) is 11.8 Å². The number of hydrazine groups is 1. The average Bonchev–Trinajstić information content (AvgIpc) is 2.70. The van der Waals surface area contributed by atoms with Crippen molar-refractivity contribution in [1.82, 2.24) is 16.2 Å². The molecule has 0 bridgehead atoms. The first-order valence-corrected chi connectivity index (χ1v) is 8.85. The fourth-order valence-corrected chi connectivity index (χ4v) is 2.44. The third-order valence-electron chi connectivity index (χ3n) is 3.77. The van der Waals surface area contributed by atoms with Gasteiger partial charge in [-0.25, -0.2) is 4.79 Å². The highest BCUT2D eigenvalue weighted by Gasteiger charge is 2.15. The van der Waals surface area contributed by atoms with E-state index >= 15 is 0 Å². The predicted molar refractivity (Wildman–Crippen MR) is 108 cm³/mol. The monoisotopic (exact) mass is 400 g/mol. The minimum absolute atomic E-state index is 0.0586. The van der Waals surface area contributed by atoms with Gasteiger partial charge in [0.05, 0.1) is 25.5 Å². The molecule has 0 saturated heterocycles. The molecule has 154 valence electrons. The molecule has 0 aliphatic carbocycles. The number of rotatable bonds is 6. The topological polar surface area (TPSA) is 118 Å². The van der Waals surface area contributed by atoms with Gasteiger partial charge in [-0.1, -0.05) is 12.1 Å². The molecule has 9 nitrogen and oxygen atoms in total. The van der Waals surface area contributed by atoms with E-state index < -0.39 is 17.8 Å². The highest BCUT2D eigenvalue weighted by Crippen LogP contribution is 2.27. The summed E-state index contributed by atoms with van der Waals surface area (Å²) in [6, 6.07) is 10.6. The maximum absolute atomic E-state index is 12.5. The van der Waals surface area contributed by atoms with Crippen LogP contribution in [0.4, 0.5) is 10.5 Å². The maximum atomic E-state index is 12.5. The van der Waals surface area contributed by atoms with Crippen molar-refractivity contribution in [2.24, 2.45) is 0 Å².